The van der Waals surface area contributed by atoms with Crippen LogP contribution >= 0.6 is 43.2 Å². The Kier molecular flexibility index (Phi) is 4.51. The van der Waals surface area contributed by atoms with Gasteiger partial charge in [0.1, 0.15) is 0 Å². The Bertz CT molecular complexity index is 540. The van der Waals surface area contributed by atoms with Crippen molar-refractivity contribution in [1.29, 1.82) is 0 Å². The van der Waals surface area contributed by atoms with Gasteiger partial charge in [-0.2, -0.15) is 0 Å². The first-order valence-corrected chi connectivity index (χ1v) is 8.16. The van der Waals surface area contributed by atoms with Crippen LogP contribution in [-0.4, -0.2) is 0 Å². The molecule has 1 nitrogen and oxygen atoms in total. The molecule has 2 aromatic rings. The minimum absolute atomic E-state index is 0.319. The molecule has 1 atom stereocenters. The van der Waals surface area contributed by atoms with E-state index in [1.54, 1.807) is 11.3 Å². The molecular weight excluding hydrogens is 374 g/mol. The minimum Gasteiger partial charge on any atom is -0.377 e. The van der Waals surface area contributed by atoms with Gasteiger partial charge in [-0.25, -0.2) is 0 Å². The van der Waals surface area contributed by atoms with Gasteiger partial charge in [-0.15, -0.1) is 11.3 Å². The highest BCUT2D eigenvalue weighted by Gasteiger charge is 2.11. The van der Waals surface area contributed by atoms with E-state index in [2.05, 4.69) is 82.2 Å². The fourth-order valence-electron chi connectivity index (χ4n) is 1.99. The molecule has 0 aliphatic heterocycles. The maximum Gasteiger partial charge on any atom is 0.0702 e. The summed E-state index contributed by atoms with van der Waals surface area (Å²) in [5, 5.41) is 3.60. The Balaban J connectivity index is 2.24. The summed E-state index contributed by atoms with van der Waals surface area (Å²) >= 11 is 8.81. The molecule has 0 bridgehead atoms. The zero-order chi connectivity index (χ0) is 13.3. The van der Waals surface area contributed by atoms with Crippen LogP contribution < -0.4 is 5.32 Å². The molecule has 18 heavy (non-hydrogen) atoms. The van der Waals surface area contributed by atoms with Gasteiger partial charge in [-0.3, -0.25) is 0 Å². The van der Waals surface area contributed by atoms with Crippen LogP contribution in [0.25, 0.3) is 0 Å². The van der Waals surface area contributed by atoms with E-state index in [-0.39, 0.29) is 0 Å². The summed E-state index contributed by atoms with van der Waals surface area (Å²) in [4.78, 5) is 1.34. The Morgan fingerprint density at radius 1 is 1.11 bits per heavy atom. The predicted molar refractivity (Wildman–Crippen MR) is 87.7 cm³/mol. The molecule has 0 radical (unpaired) electrons. The van der Waals surface area contributed by atoms with Gasteiger partial charge in [0.15, 0.2) is 0 Å². The minimum atomic E-state index is 0.319. The standard InChI is InChI=1S/C14H15Br2NS/c1-8-6-11(15)7-9(2)14(8)17-10(3)12-4-5-13(16)18-12/h4-7,10,17H,1-3H3. The summed E-state index contributed by atoms with van der Waals surface area (Å²) in [5.41, 5.74) is 3.77. The average molecular weight is 389 g/mol. The molecule has 0 spiro atoms. The van der Waals surface area contributed by atoms with E-state index in [9.17, 15) is 0 Å². The molecule has 1 unspecified atom stereocenters. The third-order valence-corrected chi connectivity index (χ3v) is 5.14. The van der Waals surface area contributed by atoms with Gasteiger partial charge in [0.05, 0.1) is 9.83 Å². The molecule has 1 aromatic carbocycles. The number of nitrogens with one attached hydrogen (secondary N) is 1. The lowest BCUT2D eigenvalue weighted by atomic mass is 10.1. The van der Waals surface area contributed by atoms with Crippen molar-refractivity contribution < 1.29 is 0 Å². The van der Waals surface area contributed by atoms with Gasteiger partial charge < -0.3 is 5.32 Å². The highest BCUT2D eigenvalue weighted by Crippen LogP contribution is 2.32. The summed E-state index contributed by atoms with van der Waals surface area (Å²) in [7, 11) is 0. The number of rotatable bonds is 3. The highest BCUT2D eigenvalue weighted by molar-refractivity contribution is 9.11. The van der Waals surface area contributed by atoms with Crippen LogP contribution in [0.15, 0.2) is 32.5 Å². The molecule has 0 saturated carbocycles. The van der Waals surface area contributed by atoms with Crippen molar-refractivity contribution in [3.05, 3.63) is 48.5 Å². The van der Waals surface area contributed by atoms with Gasteiger partial charge in [0, 0.05) is 15.0 Å². The number of hydrogen-bond acceptors (Lipinski definition) is 2. The summed E-state index contributed by atoms with van der Waals surface area (Å²) < 4.78 is 2.31. The molecule has 4 heteroatoms. The molecule has 0 fully saturated rings. The third kappa shape index (κ3) is 3.16. The molecule has 1 heterocycles. The molecule has 0 aliphatic rings. The number of thiophene rings is 1. The van der Waals surface area contributed by atoms with Crippen molar-refractivity contribution in [2.75, 3.05) is 5.32 Å². The molecule has 1 N–H and O–H groups in total. The molecule has 2 rings (SSSR count). The summed E-state index contributed by atoms with van der Waals surface area (Å²) in [6.45, 7) is 6.47. The van der Waals surface area contributed by atoms with E-state index < -0.39 is 0 Å². The Labute approximate surface area is 129 Å². The summed E-state index contributed by atoms with van der Waals surface area (Å²) in [6, 6.07) is 8.87. The maximum absolute atomic E-state index is 3.60. The Morgan fingerprint density at radius 3 is 2.22 bits per heavy atom. The lowest BCUT2D eigenvalue weighted by Crippen LogP contribution is -2.07. The van der Waals surface area contributed by atoms with E-state index in [1.807, 2.05) is 0 Å². The number of aryl methyl sites for hydroxylation is 2. The van der Waals surface area contributed by atoms with Crippen LogP contribution in [0, 0.1) is 13.8 Å². The van der Waals surface area contributed by atoms with Gasteiger partial charge in [0.2, 0.25) is 0 Å². The Morgan fingerprint density at radius 2 is 1.72 bits per heavy atom. The van der Waals surface area contributed by atoms with Crippen molar-refractivity contribution >= 4 is 48.9 Å². The van der Waals surface area contributed by atoms with Gasteiger partial charge >= 0.3 is 0 Å². The van der Waals surface area contributed by atoms with Crippen LogP contribution in [0.1, 0.15) is 29.0 Å². The quantitative estimate of drug-likeness (QED) is 0.673. The summed E-state index contributed by atoms with van der Waals surface area (Å²) in [5.74, 6) is 0. The maximum atomic E-state index is 3.60. The normalized spacial score (nSPS) is 12.5. The van der Waals surface area contributed by atoms with E-state index in [0.29, 0.717) is 6.04 Å². The monoisotopic (exact) mass is 387 g/mol. The molecule has 0 saturated heterocycles. The van der Waals surface area contributed by atoms with Gasteiger partial charge in [-0.05, 0) is 72.1 Å². The van der Waals surface area contributed by atoms with Crippen LogP contribution in [0.3, 0.4) is 0 Å². The zero-order valence-corrected chi connectivity index (χ0v) is 14.5. The smallest absolute Gasteiger partial charge is 0.0702 e. The summed E-state index contributed by atoms with van der Waals surface area (Å²) in [6.07, 6.45) is 0. The van der Waals surface area contributed by atoms with Crippen LogP contribution in [0.2, 0.25) is 0 Å². The predicted octanol–water partition coefficient (Wildman–Crippen LogP) is 6.06. The van der Waals surface area contributed by atoms with Gasteiger partial charge in [-0.1, -0.05) is 15.9 Å². The van der Waals surface area contributed by atoms with Crippen molar-refractivity contribution in [2.24, 2.45) is 0 Å². The van der Waals surface area contributed by atoms with Crippen LogP contribution in [0.5, 0.6) is 0 Å². The zero-order valence-electron chi connectivity index (χ0n) is 10.6. The number of anilines is 1. The SMILES string of the molecule is Cc1cc(Br)cc(C)c1NC(C)c1ccc(Br)s1. The molecule has 96 valence electrons. The van der Waals surface area contributed by atoms with Crippen molar-refractivity contribution in [3.8, 4) is 0 Å². The molecular formula is C14H15Br2NS. The first kappa shape index (κ1) is 14.1. The van der Waals surface area contributed by atoms with Crippen molar-refractivity contribution in [2.45, 2.75) is 26.8 Å². The largest absolute Gasteiger partial charge is 0.377 e. The molecule has 1 aromatic heterocycles. The number of benzene rings is 1. The van der Waals surface area contributed by atoms with E-state index in [4.69, 9.17) is 0 Å². The third-order valence-electron chi connectivity index (χ3n) is 2.88. The second-order valence-corrected chi connectivity index (χ2v) is 7.83. The number of halogens is 2. The first-order valence-electron chi connectivity index (χ1n) is 5.76. The van der Waals surface area contributed by atoms with Crippen molar-refractivity contribution in [3.63, 3.8) is 0 Å². The van der Waals surface area contributed by atoms with E-state index >= 15 is 0 Å². The fourth-order valence-corrected chi connectivity index (χ4v) is 4.10. The van der Waals surface area contributed by atoms with Crippen LogP contribution in [-0.2, 0) is 0 Å². The van der Waals surface area contributed by atoms with E-state index in [1.165, 1.54) is 25.5 Å². The van der Waals surface area contributed by atoms with E-state index in [0.717, 1.165) is 4.47 Å². The van der Waals surface area contributed by atoms with Crippen LogP contribution in [0.4, 0.5) is 5.69 Å². The average Bonchev–Trinajstić information content (AvgIpc) is 2.70. The first-order chi connectivity index (χ1) is 8.47. The second-order valence-electron chi connectivity index (χ2n) is 4.42. The topological polar surface area (TPSA) is 12.0 Å². The fraction of sp³-hybridized carbons (Fsp3) is 0.286. The van der Waals surface area contributed by atoms with Gasteiger partial charge in [0.25, 0.3) is 0 Å². The molecule has 0 amide bonds. The lowest BCUT2D eigenvalue weighted by Gasteiger charge is -2.18. The number of hydrogen-bond donors (Lipinski definition) is 1. The second kappa shape index (κ2) is 5.76. The molecule has 0 aliphatic carbocycles. The van der Waals surface area contributed by atoms with Crippen molar-refractivity contribution in [1.82, 2.24) is 0 Å². The highest BCUT2D eigenvalue weighted by atomic mass is 79.9. The lowest BCUT2D eigenvalue weighted by molar-refractivity contribution is 0.902. The Hall–Kier alpha value is -0.320.